The molecular weight excluding hydrogens is 262 g/mol. The third-order valence-corrected chi connectivity index (χ3v) is 4.91. The maximum absolute atomic E-state index is 12.3. The lowest BCUT2D eigenvalue weighted by Crippen LogP contribution is -2.38. The third-order valence-electron chi connectivity index (χ3n) is 3.00. The van der Waals surface area contributed by atoms with Gasteiger partial charge in [-0.3, -0.25) is 0 Å². The summed E-state index contributed by atoms with van der Waals surface area (Å²) in [6.45, 7) is 12.0. The van der Waals surface area contributed by atoms with Crippen LogP contribution < -0.4 is 0 Å². The second-order valence-corrected chi connectivity index (χ2v) is 8.79. The summed E-state index contributed by atoms with van der Waals surface area (Å²) < 4.78 is 31.3. The van der Waals surface area contributed by atoms with Gasteiger partial charge in [0.05, 0.1) is 12.4 Å². The molecule has 0 aromatic heterocycles. The van der Waals surface area contributed by atoms with E-state index in [0.717, 1.165) is 6.42 Å². The number of methoxy groups -OCH3 is 1. The van der Waals surface area contributed by atoms with Crippen molar-refractivity contribution in [1.29, 1.82) is 0 Å². The zero-order chi connectivity index (χ0) is 15.1. The molecule has 0 fully saturated rings. The van der Waals surface area contributed by atoms with Gasteiger partial charge in [-0.2, -0.15) is 4.31 Å². The summed E-state index contributed by atoms with van der Waals surface area (Å²) in [6, 6.07) is 0. The molecule has 19 heavy (non-hydrogen) atoms. The maximum atomic E-state index is 12.3. The zero-order valence-electron chi connectivity index (χ0n) is 13.4. The Morgan fingerprint density at radius 3 is 2.16 bits per heavy atom. The molecule has 0 aliphatic carbocycles. The van der Waals surface area contributed by atoms with E-state index in [-0.39, 0.29) is 11.2 Å². The minimum absolute atomic E-state index is 0.138. The molecule has 0 aromatic rings. The Kier molecular flexibility index (Phi) is 8.17. The van der Waals surface area contributed by atoms with Gasteiger partial charge in [-0.25, -0.2) is 8.42 Å². The fourth-order valence-electron chi connectivity index (χ4n) is 1.56. The van der Waals surface area contributed by atoms with Crippen LogP contribution in [0.1, 0.15) is 47.5 Å². The molecular formula is C14H31NO3S. The molecule has 0 amide bonds. The second kappa shape index (κ2) is 8.22. The fourth-order valence-corrected chi connectivity index (χ4v) is 3.31. The Morgan fingerprint density at radius 1 is 1.16 bits per heavy atom. The summed E-state index contributed by atoms with van der Waals surface area (Å²) in [4.78, 5) is 0. The first kappa shape index (κ1) is 18.9. The van der Waals surface area contributed by atoms with E-state index in [0.29, 0.717) is 32.0 Å². The van der Waals surface area contributed by atoms with Crippen LogP contribution in [0.25, 0.3) is 0 Å². The summed E-state index contributed by atoms with van der Waals surface area (Å²) >= 11 is 0. The summed E-state index contributed by atoms with van der Waals surface area (Å²) in [5.74, 6) is 0.639. The van der Waals surface area contributed by atoms with Crippen LogP contribution in [0, 0.1) is 11.3 Å². The number of ether oxygens (including phenoxy) is 1. The molecule has 0 heterocycles. The average Bonchev–Trinajstić information content (AvgIpc) is 2.25. The number of rotatable bonds is 9. The molecule has 0 saturated carbocycles. The molecule has 0 aliphatic rings. The molecule has 116 valence electrons. The SMILES string of the molecule is COCCN(CCC(C)(C)C)S(=O)(=O)CCC(C)C. The highest BCUT2D eigenvalue weighted by atomic mass is 32.2. The maximum Gasteiger partial charge on any atom is 0.214 e. The topological polar surface area (TPSA) is 46.6 Å². The monoisotopic (exact) mass is 293 g/mol. The first-order chi connectivity index (χ1) is 8.58. The van der Waals surface area contributed by atoms with Crippen molar-refractivity contribution >= 4 is 10.0 Å². The highest BCUT2D eigenvalue weighted by molar-refractivity contribution is 7.89. The van der Waals surface area contributed by atoms with Crippen LogP contribution in [-0.2, 0) is 14.8 Å². The first-order valence-electron chi connectivity index (χ1n) is 7.05. The van der Waals surface area contributed by atoms with E-state index < -0.39 is 10.0 Å². The Bertz CT molecular complexity index is 331. The van der Waals surface area contributed by atoms with Crippen molar-refractivity contribution in [2.75, 3.05) is 32.6 Å². The smallest absolute Gasteiger partial charge is 0.214 e. The van der Waals surface area contributed by atoms with Gasteiger partial charge in [0, 0.05) is 20.2 Å². The van der Waals surface area contributed by atoms with Gasteiger partial charge in [0.2, 0.25) is 10.0 Å². The van der Waals surface area contributed by atoms with Gasteiger partial charge in [0.25, 0.3) is 0 Å². The first-order valence-corrected chi connectivity index (χ1v) is 8.66. The van der Waals surface area contributed by atoms with Gasteiger partial charge in [0.15, 0.2) is 0 Å². The quantitative estimate of drug-likeness (QED) is 0.656. The standard InChI is InChI=1S/C14H31NO3S/c1-13(2)7-12-19(16,17)15(10-11-18-6)9-8-14(3,4)5/h13H,7-12H2,1-6H3. The molecule has 0 unspecified atom stereocenters. The van der Waals surface area contributed by atoms with Crippen molar-refractivity contribution in [3.63, 3.8) is 0 Å². The van der Waals surface area contributed by atoms with Gasteiger partial charge >= 0.3 is 0 Å². The number of hydrogen-bond acceptors (Lipinski definition) is 3. The van der Waals surface area contributed by atoms with Crippen LogP contribution in [-0.4, -0.2) is 45.3 Å². The number of sulfonamides is 1. The summed E-state index contributed by atoms with van der Waals surface area (Å²) in [6.07, 6.45) is 1.57. The Morgan fingerprint density at radius 2 is 1.74 bits per heavy atom. The highest BCUT2D eigenvalue weighted by Crippen LogP contribution is 2.20. The molecule has 5 heteroatoms. The van der Waals surface area contributed by atoms with Gasteiger partial charge in [0.1, 0.15) is 0 Å². The van der Waals surface area contributed by atoms with E-state index in [4.69, 9.17) is 4.74 Å². The van der Waals surface area contributed by atoms with Crippen molar-refractivity contribution in [3.8, 4) is 0 Å². The van der Waals surface area contributed by atoms with Crippen LogP contribution in [0.3, 0.4) is 0 Å². The largest absolute Gasteiger partial charge is 0.383 e. The lowest BCUT2D eigenvalue weighted by molar-refractivity contribution is 0.174. The summed E-state index contributed by atoms with van der Waals surface area (Å²) in [5, 5.41) is 0. The molecule has 0 rings (SSSR count). The molecule has 4 nitrogen and oxygen atoms in total. The molecule has 0 aromatic carbocycles. The molecule has 0 spiro atoms. The zero-order valence-corrected chi connectivity index (χ0v) is 14.2. The van der Waals surface area contributed by atoms with E-state index in [1.54, 1.807) is 11.4 Å². The van der Waals surface area contributed by atoms with E-state index in [1.165, 1.54) is 0 Å². The average molecular weight is 293 g/mol. The minimum Gasteiger partial charge on any atom is -0.383 e. The number of nitrogens with zero attached hydrogens (tertiary/aromatic N) is 1. The van der Waals surface area contributed by atoms with Crippen molar-refractivity contribution in [1.82, 2.24) is 4.31 Å². The van der Waals surface area contributed by atoms with E-state index >= 15 is 0 Å². The van der Waals surface area contributed by atoms with Gasteiger partial charge < -0.3 is 4.74 Å². The molecule has 0 atom stereocenters. The highest BCUT2D eigenvalue weighted by Gasteiger charge is 2.23. The Labute approximate surface area is 119 Å². The van der Waals surface area contributed by atoms with Crippen molar-refractivity contribution in [2.24, 2.45) is 11.3 Å². The normalized spacial score (nSPS) is 13.5. The fraction of sp³-hybridized carbons (Fsp3) is 1.00. The van der Waals surface area contributed by atoms with Crippen LogP contribution in [0.15, 0.2) is 0 Å². The predicted molar refractivity (Wildman–Crippen MR) is 80.8 cm³/mol. The van der Waals surface area contributed by atoms with Crippen molar-refractivity contribution < 1.29 is 13.2 Å². The number of hydrogen-bond donors (Lipinski definition) is 0. The van der Waals surface area contributed by atoms with E-state index in [1.807, 2.05) is 13.8 Å². The van der Waals surface area contributed by atoms with Gasteiger partial charge in [-0.15, -0.1) is 0 Å². The van der Waals surface area contributed by atoms with Gasteiger partial charge in [-0.1, -0.05) is 34.6 Å². The minimum atomic E-state index is -3.16. The Hall–Kier alpha value is -0.130. The van der Waals surface area contributed by atoms with Crippen LogP contribution in [0.5, 0.6) is 0 Å². The van der Waals surface area contributed by atoms with Gasteiger partial charge in [-0.05, 0) is 24.2 Å². The lowest BCUT2D eigenvalue weighted by atomic mass is 9.92. The molecule has 0 bridgehead atoms. The van der Waals surface area contributed by atoms with Crippen LogP contribution >= 0.6 is 0 Å². The second-order valence-electron chi connectivity index (χ2n) is 6.70. The lowest BCUT2D eigenvalue weighted by Gasteiger charge is -2.26. The van der Waals surface area contributed by atoms with Crippen molar-refractivity contribution in [3.05, 3.63) is 0 Å². The van der Waals surface area contributed by atoms with E-state index in [9.17, 15) is 8.42 Å². The summed E-state index contributed by atoms with van der Waals surface area (Å²) in [5.41, 5.74) is 0.138. The van der Waals surface area contributed by atoms with E-state index in [2.05, 4.69) is 20.8 Å². The molecule has 0 N–H and O–H groups in total. The van der Waals surface area contributed by atoms with Crippen LogP contribution in [0.2, 0.25) is 0 Å². The predicted octanol–water partition coefficient (Wildman–Crippen LogP) is 2.75. The Balaban J connectivity index is 4.62. The molecule has 0 saturated heterocycles. The summed E-state index contributed by atoms with van der Waals surface area (Å²) in [7, 11) is -1.56. The molecule has 0 radical (unpaired) electrons. The molecule has 0 aliphatic heterocycles. The van der Waals surface area contributed by atoms with Crippen LogP contribution in [0.4, 0.5) is 0 Å². The third kappa shape index (κ3) is 9.41. The van der Waals surface area contributed by atoms with Crippen molar-refractivity contribution in [2.45, 2.75) is 47.5 Å².